The van der Waals surface area contributed by atoms with Crippen LogP contribution in [0.5, 0.6) is 5.75 Å². The summed E-state index contributed by atoms with van der Waals surface area (Å²) >= 11 is 5.99. The van der Waals surface area contributed by atoms with E-state index in [0.29, 0.717) is 36.8 Å². The normalized spacial score (nSPS) is 16.0. The summed E-state index contributed by atoms with van der Waals surface area (Å²) in [6, 6.07) is 12.8. The first-order valence-corrected chi connectivity index (χ1v) is 9.89. The summed E-state index contributed by atoms with van der Waals surface area (Å²) in [5.74, 6) is 0.807. The maximum Gasteiger partial charge on any atom is 0.243 e. The molecule has 5 nitrogen and oxygen atoms in total. The van der Waals surface area contributed by atoms with Crippen LogP contribution in [0.1, 0.15) is 5.56 Å². The van der Waals surface area contributed by atoms with Gasteiger partial charge in [0.1, 0.15) is 5.75 Å². The molecule has 0 unspecified atom stereocenters. The highest BCUT2D eigenvalue weighted by atomic mass is 35.5. The summed E-state index contributed by atoms with van der Waals surface area (Å²) in [6.45, 7) is 3.97. The lowest BCUT2D eigenvalue weighted by Crippen LogP contribution is -2.48. The molecule has 1 heterocycles. The second-order valence-electron chi connectivity index (χ2n) is 6.00. The van der Waals surface area contributed by atoms with Crippen molar-refractivity contribution in [3.05, 3.63) is 53.1 Å². The molecule has 1 aliphatic rings. The Labute approximate surface area is 153 Å². The van der Waals surface area contributed by atoms with E-state index in [2.05, 4.69) is 4.90 Å². The lowest BCUT2D eigenvalue weighted by atomic mass is 10.2. The fraction of sp³-hybridized carbons (Fsp3) is 0.333. The average molecular weight is 381 g/mol. The molecule has 3 rings (SSSR count). The Morgan fingerprint density at radius 2 is 1.64 bits per heavy atom. The van der Waals surface area contributed by atoms with Gasteiger partial charge in [0.05, 0.1) is 12.0 Å². The molecule has 25 heavy (non-hydrogen) atoms. The number of nitrogens with zero attached hydrogens (tertiary/aromatic N) is 2. The zero-order chi connectivity index (χ0) is 18.0. The first-order valence-electron chi connectivity index (χ1n) is 8.07. The SMILES string of the molecule is COc1ccc(N2CCN(S(=O)(=O)c3cc(Cl)ccc3C)CC2)cc1. The maximum atomic E-state index is 12.9. The molecular weight excluding hydrogens is 360 g/mol. The van der Waals surface area contributed by atoms with Crippen LogP contribution in [-0.2, 0) is 10.0 Å². The molecule has 0 aliphatic carbocycles. The molecule has 2 aromatic rings. The van der Waals surface area contributed by atoms with Gasteiger partial charge in [-0.25, -0.2) is 8.42 Å². The number of rotatable bonds is 4. The molecule has 134 valence electrons. The molecule has 0 spiro atoms. The molecule has 0 atom stereocenters. The fourth-order valence-corrected chi connectivity index (χ4v) is 4.88. The van der Waals surface area contributed by atoms with Gasteiger partial charge in [-0.2, -0.15) is 4.31 Å². The predicted octanol–water partition coefficient (Wildman–Crippen LogP) is 3.17. The molecule has 7 heteroatoms. The monoisotopic (exact) mass is 380 g/mol. The van der Waals surface area contributed by atoms with Gasteiger partial charge in [-0.05, 0) is 48.9 Å². The largest absolute Gasteiger partial charge is 0.497 e. The second-order valence-corrected chi connectivity index (χ2v) is 8.34. The third kappa shape index (κ3) is 3.76. The van der Waals surface area contributed by atoms with Crippen LogP contribution >= 0.6 is 11.6 Å². The van der Waals surface area contributed by atoms with Crippen LogP contribution in [0.4, 0.5) is 5.69 Å². The van der Waals surface area contributed by atoms with Gasteiger partial charge in [0, 0.05) is 36.9 Å². The van der Waals surface area contributed by atoms with Gasteiger partial charge in [0.25, 0.3) is 0 Å². The number of benzene rings is 2. The molecule has 1 saturated heterocycles. The lowest BCUT2D eigenvalue weighted by Gasteiger charge is -2.35. The molecule has 0 aromatic heterocycles. The standard InChI is InChI=1S/C18H21ClN2O3S/c1-14-3-4-15(19)13-18(14)25(22,23)21-11-9-20(10-12-21)16-5-7-17(24-2)8-6-16/h3-8,13H,9-12H2,1-2H3. The van der Waals surface area contributed by atoms with Crippen LogP contribution in [0.15, 0.2) is 47.4 Å². The number of anilines is 1. The topological polar surface area (TPSA) is 49.9 Å². The van der Waals surface area contributed by atoms with E-state index in [1.165, 1.54) is 10.4 Å². The van der Waals surface area contributed by atoms with Crippen molar-refractivity contribution in [1.82, 2.24) is 4.31 Å². The van der Waals surface area contributed by atoms with Crippen molar-refractivity contribution in [2.24, 2.45) is 0 Å². The molecular formula is C18H21ClN2O3S. The van der Waals surface area contributed by atoms with Crippen molar-refractivity contribution in [3.8, 4) is 5.75 Å². The molecule has 0 radical (unpaired) electrons. The Morgan fingerprint density at radius 1 is 1.00 bits per heavy atom. The number of ether oxygens (including phenoxy) is 1. The van der Waals surface area contributed by atoms with Gasteiger partial charge in [-0.3, -0.25) is 0 Å². The molecule has 2 aromatic carbocycles. The van der Waals surface area contributed by atoms with Gasteiger partial charge < -0.3 is 9.64 Å². The summed E-state index contributed by atoms with van der Waals surface area (Å²) in [4.78, 5) is 2.47. The smallest absolute Gasteiger partial charge is 0.243 e. The van der Waals surface area contributed by atoms with E-state index in [-0.39, 0.29) is 4.90 Å². The van der Waals surface area contributed by atoms with Crippen LogP contribution < -0.4 is 9.64 Å². The Kier molecular flexibility index (Phi) is 5.22. The average Bonchev–Trinajstić information content (AvgIpc) is 2.64. The third-order valence-electron chi connectivity index (χ3n) is 4.44. The number of hydrogen-bond acceptors (Lipinski definition) is 4. The minimum absolute atomic E-state index is 0.290. The van der Waals surface area contributed by atoms with E-state index in [0.717, 1.165) is 11.4 Å². The van der Waals surface area contributed by atoms with E-state index < -0.39 is 10.0 Å². The van der Waals surface area contributed by atoms with Crippen LogP contribution in [-0.4, -0.2) is 46.0 Å². The summed E-state index contributed by atoms with van der Waals surface area (Å²) in [6.07, 6.45) is 0. The number of aryl methyl sites for hydroxylation is 1. The zero-order valence-electron chi connectivity index (χ0n) is 14.3. The Hall–Kier alpha value is -1.76. The maximum absolute atomic E-state index is 12.9. The molecule has 1 aliphatic heterocycles. The summed E-state index contributed by atoms with van der Waals surface area (Å²) < 4.78 is 32.5. The van der Waals surface area contributed by atoms with E-state index in [1.54, 1.807) is 26.2 Å². The van der Waals surface area contributed by atoms with Crippen molar-refractivity contribution in [3.63, 3.8) is 0 Å². The van der Waals surface area contributed by atoms with Crippen molar-refractivity contribution < 1.29 is 13.2 Å². The first-order chi connectivity index (χ1) is 11.9. The number of piperazine rings is 1. The van der Waals surface area contributed by atoms with Gasteiger partial charge in [-0.1, -0.05) is 17.7 Å². The highest BCUT2D eigenvalue weighted by molar-refractivity contribution is 7.89. The Bertz CT molecular complexity index is 845. The van der Waals surface area contributed by atoms with Crippen LogP contribution in [0.3, 0.4) is 0 Å². The first kappa shape index (κ1) is 18.0. The molecule has 0 amide bonds. The zero-order valence-corrected chi connectivity index (χ0v) is 15.8. The van der Waals surface area contributed by atoms with Crippen LogP contribution in [0.2, 0.25) is 5.02 Å². The third-order valence-corrected chi connectivity index (χ3v) is 6.72. The van der Waals surface area contributed by atoms with E-state index >= 15 is 0 Å². The van der Waals surface area contributed by atoms with E-state index in [4.69, 9.17) is 16.3 Å². The number of hydrogen-bond donors (Lipinski definition) is 0. The van der Waals surface area contributed by atoms with E-state index in [9.17, 15) is 8.42 Å². The molecule has 0 bridgehead atoms. The number of methoxy groups -OCH3 is 1. The van der Waals surface area contributed by atoms with Crippen molar-refractivity contribution >= 4 is 27.3 Å². The Morgan fingerprint density at radius 3 is 2.24 bits per heavy atom. The van der Waals surface area contributed by atoms with Crippen molar-refractivity contribution in [2.75, 3.05) is 38.2 Å². The summed E-state index contributed by atoms with van der Waals surface area (Å²) in [5, 5.41) is 0.432. The number of halogens is 1. The van der Waals surface area contributed by atoms with Gasteiger partial charge in [0.2, 0.25) is 10.0 Å². The molecule has 1 fully saturated rings. The van der Waals surface area contributed by atoms with Crippen molar-refractivity contribution in [2.45, 2.75) is 11.8 Å². The predicted molar refractivity (Wildman–Crippen MR) is 100 cm³/mol. The van der Waals surface area contributed by atoms with Crippen LogP contribution in [0.25, 0.3) is 0 Å². The van der Waals surface area contributed by atoms with Gasteiger partial charge >= 0.3 is 0 Å². The second kappa shape index (κ2) is 7.23. The minimum Gasteiger partial charge on any atom is -0.497 e. The fourth-order valence-electron chi connectivity index (χ4n) is 2.97. The highest BCUT2D eigenvalue weighted by Gasteiger charge is 2.29. The lowest BCUT2D eigenvalue weighted by molar-refractivity contribution is 0.384. The Balaban J connectivity index is 1.73. The van der Waals surface area contributed by atoms with Crippen molar-refractivity contribution in [1.29, 1.82) is 0 Å². The summed E-state index contributed by atoms with van der Waals surface area (Å²) in [7, 11) is -1.89. The van der Waals surface area contributed by atoms with Gasteiger partial charge in [-0.15, -0.1) is 0 Å². The molecule has 0 N–H and O–H groups in total. The van der Waals surface area contributed by atoms with E-state index in [1.807, 2.05) is 24.3 Å². The summed E-state index contributed by atoms with van der Waals surface area (Å²) in [5.41, 5.74) is 1.78. The minimum atomic E-state index is -3.53. The molecule has 0 saturated carbocycles. The quantitative estimate of drug-likeness (QED) is 0.817. The van der Waals surface area contributed by atoms with Gasteiger partial charge in [0.15, 0.2) is 0 Å². The highest BCUT2D eigenvalue weighted by Crippen LogP contribution is 2.26. The number of sulfonamides is 1. The van der Waals surface area contributed by atoms with Crippen LogP contribution in [0, 0.1) is 6.92 Å².